The molecule has 0 bridgehead atoms. The van der Waals surface area contributed by atoms with Gasteiger partial charge in [-0.25, -0.2) is 4.98 Å². The van der Waals surface area contributed by atoms with Crippen LogP contribution in [0.1, 0.15) is 48.8 Å². The number of phenolic OH excluding ortho intramolecular Hbond substituents is 1. The lowest BCUT2D eigenvalue weighted by Gasteiger charge is -2.50. The second-order valence-electron chi connectivity index (χ2n) is 12.9. The Morgan fingerprint density at radius 1 is 1.02 bits per heavy atom. The fourth-order valence-corrected chi connectivity index (χ4v) is 9.11. The molecule has 3 heterocycles. The number of hydrogen-bond donors (Lipinski definition) is 2. The van der Waals surface area contributed by atoms with Gasteiger partial charge >= 0.3 is 6.18 Å². The Morgan fingerprint density at radius 2 is 1.74 bits per heavy atom. The molecule has 2 aromatic carbocycles. The smallest absolute Gasteiger partial charge is 0.417 e. The van der Waals surface area contributed by atoms with Crippen LogP contribution in [0, 0.1) is 23.7 Å². The number of aromatic nitrogens is 1. The van der Waals surface area contributed by atoms with Crippen LogP contribution in [-0.2, 0) is 30.8 Å². The highest BCUT2D eigenvalue weighted by molar-refractivity contribution is 9.10. The maximum absolute atomic E-state index is 15.1. The van der Waals surface area contributed by atoms with E-state index in [1.165, 1.54) is 11.0 Å². The third-order valence-corrected chi connectivity index (χ3v) is 11.4. The number of imide groups is 2. The summed E-state index contributed by atoms with van der Waals surface area (Å²) in [4.78, 5) is 62.3. The number of alkyl halides is 3. The fourth-order valence-electron chi connectivity index (χ4n) is 8.39. The summed E-state index contributed by atoms with van der Waals surface area (Å²) in [7, 11) is 0. The average Bonchev–Trinajstić information content (AvgIpc) is 3.44. The molecular formula is C35H28BrCl2F3N4O5. The Morgan fingerprint density at radius 3 is 2.40 bits per heavy atom. The van der Waals surface area contributed by atoms with Crippen molar-refractivity contribution in [3.63, 3.8) is 0 Å². The Bertz CT molecular complexity index is 1990. The van der Waals surface area contributed by atoms with Crippen molar-refractivity contribution in [1.29, 1.82) is 0 Å². The topological polar surface area (TPSA) is 120 Å². The van der Waals surface area contributed by atoms with Crippen LogP contribution in [0.3, 0.4) is 0 Å². The van der Waals surface area contributed by atoms with E-state index in [0.717, 1.165) is 0 Å². The number of rotatable bonds is 6. The van der Waals surface area contributed by atoms with Crippen LogP contribution >= 0.6 is 39.1 Å². The minimum absolute atomic E-state index is 0.0171. The third-order valence-electron chi connectivity index (χ3n) is 10.4. The van der Waals surface area contributed by atoms with Crippen molar-refractivity contribution in [2.24, 2.45) is 23.7 Å². The third kappa shape index (κ3) is 5.14. The van der Waals surface area contributed by atoms with Crippen LogP contribution in [0.4, 0.5) is 19.0 Å². The van der Waals surface area contributed by atoms with E-state index < -0.39 is 63.6 Å². The SMILES string of the molecule is CCCN1C(=O)C2CC=C3C(CC4C(=O)N(Nc5ncc(C(F)(F)F)cc5Cl)C(=O)C4(c4ccc(Cl)cc4)C3c3cc(Br)ccc3O)C2C1=O. The van der Waals surface area contributed by atoms with Gasteiger partial charge in [0.2, 0.25) is 11.8 Å². The molecule has 2 aliphatic heterocycles. The predicted octanol–water partition coefficient (Wildman–Crippen LogP) is 7.27. The highest BCUT2D eigenvalue weighted by Gasteiger charge is 2.70. The van der Waals surface area contributed by atoms with Crippen LogP contribution in [0.5, 0.6) is 5.75 Å². The van der Waals surface area contributed by atoms with Gasteiger partial charge in [-0.05, 0) is 67.1 Å². The number of phenols is 1. The molecule has 0 radical (unpaired) electrons. The summed E-state index contributed by atoms with van der Waals surface area (Å²) in [5, 5.41) is 12.0. The summed E-state index contributed by atoms with van der Waals surface area (Å²) in [6.45, 7) is 2.11. The molecule has 15 heteroatoms. The molecule has 6 atom stereocenters. The minimum Gasteiger partial charge on any atom is -0.508 e. The summed E-state index contributed by atoms with van der Waals surface area (Å²) < 4.78 is 40.8. The standard InChI is InChI=1S/C35H28BrCl2F3N4O5/c1-2-11-44-30(47)21-9-8-20-22(27(21)32(44)49)14-24-31(48)45(43-29-25(38)12-17(15-42-29)35(39,40)41)33(50)34(24,16-3-6-19(37)7-4-16)28(20)23-13-18(36)5-10-26(23)46/h3-8,10,12-13,15,21-22,24,27-28,46H,2,9,11,14H2,1H3,(H,42,43). The van der Waals surface area contributed by atoms with Gasteiger partial charge in [0.15, 0.2) is 5.82 Å². The van der Waals surface area contributed by atoms with Gasteiger partial charge in [0, 0.05) is 33.7 Å². The molecule has 3 fully saturated rings. The van der Waals surface area contributed by atoms with Gasteiger partial charge < -0.3 is 5.11 Å². The van der Waals surface area contributed by atoms with Gasteiger partial charge in [-0.2, -0.15) is 18.2 Å². The zero-order valence-corrected chi connectivity index (χ0v) is 29.3. The molecule has 260 valence electrons. The first-order chi connectivity index (χ1) is 23.7. The number of aromatic hydroxyl groups is 1. The number of carbonyl (C=O) groups is 4. The maximum atomic E-state index is 15.1. The lowest BCUT2D eigenvalue weighted by Crippen LogP contribution is -2.53. The molecule has 7 rings (SSSR count). The largest absolute Gasteiger partial charge is 0.508 e. The van der Waals surface area contributed by atoms with Gasteiger partial charge in [0.1, 0.15) is 5.75 Å². The molecule has 4 aliphatic rings. The molecule has 3 aromatic rings. The highest BCUT2D eigenvalue weighted by Crippen LogP contribution is 2.65. The Balaban J connectivity index is 1.44. The summed E-state index contributed by atoms with van der Waals surface area (Å²) in [6.07, 6.45) is -1.59. The number of likely N-dealkylation sites (tertiary alicyclic amines) is 1. The number of nitrogens with zero attached hydrogens (tertiary/aromatic N) is 3. The van der Waals surface area contributed by atoms with E-state index in [0.29, 0.717) is 49.9 Å². The number of hydrazine groups is 1. The summed E-state index contributed by atoms with van der Waals surface area (Å²) >= 11 is 16.0. The first-order valence-electron chi connectivity index (χ1n) is 15.9. The van der Waals surface area contributed by atoms with Gasteiger partial charge in [0.25, 0.3) is 11.8 Å². The second kappa shape index (κ2) is 12.4. The molecular weight excluding hydrogens is 764 g/mol. The van der Waals surface area contributed by atoms with Gasteiger partial charge in [0.05, 0.1) is 33.8 Å². The monoisotopic (exact) mass is 790 g/mol. The number of fused-ring (bicyclic) bond motifs is 4. The Kier molecular flexibility index (Phi) is 8.54. The van der Waals surface area contributed by atoms with Crippen LogP contribution in [0.25, 0.3) is 0 Å². The van der Waals surface area contributed by atoms with Crippen molar-refractivity contribution in [3.05, 3.63) is 97.6 Å². The van der Waals surface area contributed by atoms with E-state index in [1.807, 2.05) is 13.0 Å². The van der Waals surface area contributed by atoms with Crippen molar-refractivity contribution in [3.8, 4) is 5.75 Å². The molecule has 0 spiro atoms. The van der Waals surface area contributed by atoms with E-state index in [4.69, 9.17) is 23.2 Å². The first kappa shape index (κ1) is 34.5. The molecule has 2 N–H and O–H groups in total. The van der Waals surface area contributed by atoms with Crippen LogP contribution in [0.15, 0.2) is 70.8 Å². The number of carbonyl (C=O) groups excluding carboxylic acids is 4. The van der Waals surface area contributed by atoms with E-state index in [9.17, 15) is 32.7 Å². The second-order valence-corrected chi connectivity index (χ2v) is 14.7. The first-order valence-corrected chi connectivity index (χ1v) is 17.4. The maximum Gasteiger partial charge on any atom is 0.417 e. The molecule has 1 saturated carbocycles. The number of allylic oxidation sites excluding steroid dienone is 2. The Labute approximate surface area is 302 Å². The normalized spacial score (nSPS) is 27.7. The van der Waals surface area contributed by atoms with Gasteiger partial charge in [-0.15, -0.1) is 0 Å². The molecule has 6 unspecified atom stereocenters. The van der Waals surface area contributed by atoms with Crippen molar-refractivity contribution in [2.45, 2.75) is 43.7 Å². The Hall–Kier alpha value is -3.94. The zero-order valence-electron chi connectivity index (χ0n) is 26.2. The predicted molar refractivity (Wildman–Crippen MR) is 180 cm³/mol. The van der Waals surface area contributed by atoms with Crippen LogP contribution < -0.4 is 5.43 Å². The molecule has 2 aliphatic carbocycles. The summed E-state index contributed by atoms with van der Waals surface area (Å²) in [5.74, 6) is -7.02. The van der Waals surface area contributed by atoms with E-state index in [2.05, 4.69) is 26.3 Å². The fraction of sp³-hybridized carbons (Fsp3) is 0.343. The summed E-state index contributed by atoms with van der Waals surface area (Å²) in [6, 6.07) is 11.7. The molecule has 50 heavy (non-hydrogen) atoms. The van der Waals surface area contributed by atoms with E-state index >= 15 is 4.79 Å². The molecule has 2 saturated heterocycles. The number of anilines is 1. The van der Waals surface area contributed by atoms with Crippen LogP contribution in [0.2, 0.25) is 10.0 Å². The van der Waals surface area contributed by atoms with Gasteiger partial charge in [-0.1, -0.05) is 69.8 Å². The number of benzene rings is 2. The van der Waals surface area contributed by atoms with Crippen LogP contribution in [-0.4, -0.2) is 50.2 Å². The summed E-state index contributed by atoms with van der Waals surface area (Å²) in [5.41, 5.74) is 1.02. The zero-order chi connectivity index (χ0) is 35.9. The number of amides is 4. The number of hydrogen-bond acceptors (Lipinski definition) is 7. The molecule has 4 amide bonds. The average molecular weight is 792 g/mol. The van der Waals surface area contributed by atoms with E-state index in [-0.39, 0.29) is 42.8 Å². The highest BCUT2D eigenvalue weighted by atomic mass is 79.9. The molecule has 9 nitrogen and oxygen atoms in total. The number of halogens is 6. The van der Waals surface area contributed by atoms with Gasteiger partial charge in [-0.3, -0.25) is 29.5 Å². The lowest BCUT2D eigenvalue weighted by molar-refractivity contribution is -0.141. The molecule has 1 aromatic heterocycles. The van der Waals surface area contributed by atoms with E-state index in [1.54, 1.807) is 36.4 Å². The quantitative estimate of drug-likeness (QED) is 0.199. The lowest BCUT2D eigenvalue weighted by atomic mass is 9.49. The minimum atomic E-state index is -4.74. The van der Waals surface area contributed by atoms with Crippen molar-refractivity contribution in [1.82, 2.24) is 14.9 Å². The number of nitrogens with one attached hydrogen (secondary N) is 1. The van der Waals surface area contributed by atoms with Crippen molar-refractivity contribution >= 4 is 68.6 Å². The number of pyridine rings is 1. The van der Waals surface area contributed by atoms with Crippen molar-refractivity contribution in [2.75, 3.05) is 12.0 Å². The van der Waals surface area contributed by atoms with Crippen molar-refractivity contribution < 1.29 is 37.5 Å².